The molecule has 1 saturated carbocycles. The molecule has 0 amide bonds. The van der Waals surface area contributed by atoms with Crippen LogP contribution in [0.25, 0.3) is 0 Å². The number of nitrogens with zero attached hydrogens (tertiary/aromatic N) is 2. The summed E-state index contributed by atoms with van der Waals surface area (Å²) in [6.07, 6.45) is 3.79. The van der Waals surface area contributed by atoms with Gasteiger partial charge in [0, 0.05) is 12.1 Å². The van der Waals surface area contributed by atoms with Crippen LogP contribution in [0.2, 0.25) is 0 Å². The van der Waals surface area contributed by atoms with E-state index in [0.717, 1.165) is 5.56 Å². The summed E-state index contributed by atoms with van der Waals surface area (Å²) in [5.41, 5.74) is 0.824. The highest BCUT2D eigenvalue weighted by molar-refractivity contribution is 5.77. The molecule has 2 rings (SSSR count). The lowest BCUT2D eigenvalue weighted by Gasteiger charge is -2.18. The molecule has 0 unspecified atom stereocenters. The topological polar surface area (TPSA) is 55.1 Å². The number of carbonyl (C=O) groups is 1. The molecule has 0 saturated heterocycles. The molecule has 0 radical (unpaired) electrons. The Morgan fingerprint density at radius 1 is 1.47 bits per heavy atom. The third-order valence-electron chi connectivity index (χ3n) is 3.74. The Hall–Kier alpha value is -1.32. The Bertz CT molecular complexity index is 454. The van der Waals surface area contributed by atoms with Crippen LogP contribution in [0.4, 0.5) is 0 Å². The monoisotopic (exact) mass is 236 g/mol. The van der Waals surface area contributed by atoms with Gasteiger partial charge < -0.3 is 5.11 Å². The second kappa shape index (κ2) is 3.34. The molecular weight excluding hydrogens is 216 g/mol. The molecule has 0 spiro atoms. The van der Waals surface area contributed by atoms with E-state index in [9.17, 15) is 4.79 Å². The summed E-state index contributed by atoms with van der Waals surface area (Å²) in [7, 11) is 0. The van der Waals surface area contributed by atoms with Crippen molar-refractivity contribution >= 4 is 5.97 Å². The van der Waals surface area contributed by atoms with Crippen LogP contribution >= 0.6 is 0 Å². The fourth-order valence-electron chi connectivity index (χ4n) is 2.58. The maximum Gasteiger partial charge on any atom is 0.307 e. The van der Waals surface area contributed by atoms with Gasteiger partial charge in [-0.3, -0.25) is 9.48 Å². The van der Waals surface area contributed by atoms with Crippen LogP contribution in [0.5, 0.6) is 0 Å². The first kappa shape index (κ1) is 12.1. The van der Waals surface area contributed by atoms with Gasteiger partial charge in [0.05, 0.1) is 17.7 Å². The molecular formula is C13H20N2O2. The van der Waals surface area contributed by atoms with E-state index in [1.54, 1.807) is 6.20 Å². The lowest BCUT2D eigenvalue weighted by Crippen LogP contribution is -2.21. The quantitative estimate of drug-likeness (QED) is 0.858. The van der Waals surface area contributed by atoms with E-state index < -0.39 is 5.97 Å². The van der Waals surface area contributed by atoms with Gasteiger partial charge in [-0.2, -0.15) is 5.10 Å². The van der Waals surface area contributed by atoms with Crippen LogP contribution in [0.3, 0.4) is 0 Å². The molecule has 1 aromatic rings. The van der Waals surface area contributed by atoms with Gasteiger partial charge in [-0.15, -0.1) is 0 Å². The van der Waals surface area contributed by atoms with E-state index in [0.29, 0.717) is 0 Å². The van der Waals surface area contributed by atoms with Crippen molar-refractivity contribution in [1.82, 2.24) is 9.78 Å². The Morgan fingerprint density at radius 2 is 2.06 bits per heavy atom. The van der Waals surface area contributed by atoms with Crippen molar-refractivity contribution in [2.75, 3.05) is 0 Å². The van der Waals surface area contributed by atoms with Gasteiger partial charge in [-0.25, -0.2) is 0 Å². The molecule has 2 atom stereocenters. The van der Waals surface area contributed by atoms with Crippen molar-refractivity contribution in [3.63, 3.8) is 0 Å². The molecule has 1 aliphatic carbocycles. The maximum absolute atomic E-state index is 11.1. The molecule has 4 nitrogen and oxygen atoms in total. The Kier molecular flexibility index (Phi) is 2.39. The van der Waals surface area contributed by atoms with Crippen LogP contribution in [-0.4, -0.2) is 20.9 Å². The van der Waals surface area contributed by atoms with Crippen molar-refractivity contribution in [3.05, 3.63) is 18.0 Å². The maximum atomic E-state index is 11.1. The molecule has 17 heavy (non-hydrogen) atoms. The third-order valence-corrected chi connectivity index (χ3v) is 3.74. The fourth-order valence-corrected chi connectivity index (χ4v) is 2.58. The number of aliphatic carboxylic acids is 1. The zero-order chi connectivity index (χ0) is 13.0. The molecule has 1 fully saturated rings. The summed E-state index contributed by atoms with van der Waals surface area (Å²) in [5, 5.41) is 13.5. The summed E-state index contributed by atoms with van der Waals surface area (Å²) in [6.45, 7) is 10.2. The van der Waals surface area contributed by atoms with Crippen molar-refractivity contribution in [3.8, 4) is 0 Å². The molecule has 4 heteroatoms. The summed E-state index contributed by atoms with van der Waals surface area (Å²) in [5.74, 6) is -0.889. The van der Waals surface area contributed by atoms with Crippen molar-refractivity contribution < 1.29 is 9.90 Å². The molecule has 1 heterocycles. The van der Waals surface area contributed by atoms with Crippen molar-refractivity contribution in [2.24, 2.45) is 11.3 Å². The van der Waals surface area contributed by atoms with Gasteiger partial charge >= 0.3 is 5.97 Å². The average Bonchev–Trinajstić information content (AvgIpc) is 2.59. The number of aromatic nitrogens is 2. The van der Waals surface area contributed by atoms with Gasteiger partial charge in [0.25, 0.3) is 0 Å². The lowest BCUT2D eigenvalue weighted by molar-refractivity contribution is -0.139. The Balaban J connectivity index is 2.26. The largest absolute Gasteiger partial charge is 0.481 e. The van der Waals surface area contributed by atoms with Crippen LogP contribution in [0.15, 0.2) is 12.4 Å². The minimum atomic E-state index is -0.705. The fraction of sp³-hybridized carbons (Fsp3) is 0.692. The Labute approximate surface area is 102 Å². The van der Waals surface area contributed by atoms with E-state index >= 15 is 0 Å². The zero-order valence-electron chi connectivity index (χ0n) is 11.1. The van der Waals surface area contributed by atoms with E-state index in [-0.39, 0.29) is 22.8 Å². The normalized spacial score (nSPS) is 26.9. The number of carboxylic acid groups (broad SMARTS) is 1. The predicted molar refractivity (Wildman–Crippen MR) is 64.9 cm³/mol. The first-order valence-electron chi connectivity index (χ1n) is 5.93. The minimum absolute atomic E-state index is 0.0595. The van der Waals surface area contributed by atoms with Gasteiger partial charge in [-0.05, 0) is 31.7 Å². The average molecular weight is 236 g/mol. The Morgan fingerprint density at radius 3 is 2.41 bits per heavy atom. The standard InChI is InChI=1S/C13H20N2O2/c1-12(2,3)15-7-8(6-14-15)9-10(11(16)17)13(9,4)5/h6-7,9-10H,1-5H3,(H,16,17)/t9-,10+/m1/s1. The van der Waals surface area contributed by atoms with E-state index in [4.69, 9.17) is 5.11 Å². The summed E-state index contributed by atoms with van der Waals surface area (Å²) < 4.78 is 1.90. The van der Waals surface area contributed by atoms with Crippen LogP contribution in [0.1, 0.15) is 46.1 Å². The molecule has 0 aliphatic heterocycles. The van der Waals surface area contributed by atoms with Crippen LogP contribution < -0.4 is 0 Å². The highest BCUT2D eigenvalue weighted by Gasteiger charge is 2.63. The molecule has 1 aliphatic rings. The number of hydrogen-bond acceptors (Lipinski definition) is 2. The third kappa shape index (κ3) is 1.85. The molecule has 0 aromatic carbocycles. The van der Waals surface area contributed by atoms with Crippen molar-refractivity contribution in [1.29, 1.82) is 0 Å². The smallest absolute Gasteiger partial charge is 0.307 e. The summed E-state index contributed by atoms with van der Waals surface area (Å²) in [4.78, 5) is 11.1. The predicted octanol–water partition coefficient (Wildman–Crippen LogP) is 2.46. The van der Waals surface area contributed by atoms with Gasteiger partial charge in [0.1, 0.15) is 0 Å². The van der Waals surface area contributed by atoms with Gasteiger partial charge in [-0.1, -0.05) is 13.8 Å². The lowest BCUT2D eigenvalue weighted by atomic mass is 10.1. The van der Waals surface area contributed by atoms with E-state index in [2.05, 4.69) is 25.9 Å². The highest BCUT2D eigenvalue weighted by Crippen LogP contribution is 2.64. The van der Waals surface area contributed by atoms with Crippen LogP contribution in [0, 0.1) is 11.3 Å². The first-order chi connectivity index (χ1) is 7.65. The SMILES string of the molecule is CC1(C)[C@H](C(=O)O)[C@H]1c1cnn(C(C)(C)C)c1. The summed E-state index contributed by atoms with van der Waals surface area (Å²) in [6, 6.07) is 0. The molecule has 1 aromatic heterocycles. The van der Waals surface area contributed by atoms with E-state index in [1.807, 2.05) is 24.7 Å². The number of carboxylic acids is 1. The highest BCUT2D eigenvalue weighted by atomic mass is 16.4. The van der Waals surface area contributed by atoms with E-state index in [1.165, 1.54) is 0 Å². The second-order valence-corrected chi connectivity index (χ2v) is 6.50. The molecule has 0 bridgehead atoms. The first-order valence-corrected chi connectivity index (χ1v) is 5.93. The molecule has 1 N–H and O–H groups in total. The number of rotatable bonds is 2. The summed E-state index contributed by atoms with van der Waals surface area (Å²) >= 11 is 0. The van der Waals surface area contributed by atoms with Gasteiger partial charge in [0.2, 0.25) is 0 Å². The minimum Gasteiger partial charge on any atom is -0.481 e. The van der Waals surface area contributed by atoms with Crippen LogP contribution in [-0.2, 0) is 10.3 Å². The van der Waals surface area contributed by atoms with Gasteiger partial charge in [0.15, 0.2) is 0 Å². The number of hydrogen-bond donors (Lipinski definition) is 1. The molecule has 94 valence electrons. The second-order valence-electron chi connectivity index (χ2n) is 6.50. The zero-order valence-corrected chi connectivity index (χ0v) is 11.1. The van der Waals surface area contributed by atoms with Crippen molar-refractivity contribution in [2.45, 2.75) is 46.1 Å².